The molecule has 0 amide bonds. The van der Waals surface area contributed by atoms with Crippen molar-refractivity contribution in [2.24, 2.45) is 0 Å². The van der Waals surface area contributed by atoms with E-state index >= 15 is 0 Å². The first-order valence-electron chi connectivity index (χ1n) is 5.85. The third-order valence-corrected chi connectivity index (χ3v) is 3.08. The predicted octanol–water partition coefficient (Wildman–Crippen LogP) is 1.31. The Hall–Kier alpha value is -0.690. The van der Waals surface area contributed by atoms with Gasteiger partial charge in [-0.2, -0.15) is 4.98 Å². The van der Waals surface area contributed by atoms with E-state index in [-0.39, 0.29) is 10.4 Å². The van der Waals surface area contributed by atoms with E-state index in [4.69, 9.17) is 27.9 Å². The number of rotatable bonds is 5. The van der Waals surface area contributed by atoms with Crippen LogP contribution < -0.4 is 5.32 Å². The maximum absolute atomic E-state index is 5.84. The molecule has 1 aromatic rings. The molecule has 1 N–H and O–H groups in total. The van der Waals surface area contributed by atoms with Crippen LogP contribution >= 0.6 is 23.2 Å². The van der Waals surface area contributed by atoms with Gasteiger partial charge in [0.2, 0.25) is 5.28 Å². The van der Waals surface area contributed by atoms with Gasteiger partial charge in [-0.15, -0.1) is 10.2 Å². The number of ether oxygens (including phenoxy) is 1. The summed E-state index contributed by atoms with van der Waals surface area (Å²) in [5, 5.41) is 10.7. The molecular formula is C10H15Cl2N5O. The van der Waals surface area contributed by atoms with Gasteiger partial charge < -0.3 is 10.1 Å². The standard InChI is InChI=1S/C10H15Cl2N5O/c11-8-9(14-10(12)16-15-8)13-2-1-3-17-4-6-18-7-5-17/h1-7H2,(H,13,14,16). The van der Waals surface area contributed by atoms with Crippen LogP contribution in [-0.2, 0) is 4.74 Å². The molecule has 1 aromatic heterocycles. The van der Waals surface area contributed by atoms with Gasteiger partial charge >= 0.3 is 0 Å². The van der Waals surface area contributed by atoms with E-state index in [1.165, 1.54) is 0 Å². The minimum Gasteiger partial charge on any atom is -0.379 e. The number of halogens is 2. The SMILES string of the molecule is Clc1nnc(Cl)c(NCCCN2CCOCC2)n1. The molecule has 1 fully saturated rings. The Kier molecular flexibility index (Phi) is 5.37. The van der Waals surface area contributed by atoms with Crippen LogP contribution in [0, 0.1) is 0 Å². The van der Waals surface area contributed by atoms with Crippen LogP contribution in [0.15, 0.2) is 0 Å². The van der Waals surface area contributed by atoms with E-state index in [1.54, 1.807) is 0 Å². The lowest BCUT2D eigenvalue weighted by Gasteiger charge is -2.26. The molecule has 18 heavy (non-hydrogen) atoms. The summed E-state index contributed by atoms with van der Waals surface area (Å²) < 4.78 is 5.29. The molecule has 6 nitrogen and oxygen atoms in total. The molecule has 1 aliphatic heterocycles. The van der Waals surface area contributed by atoms with Gasteiger partial charge in [-0.05, 0) is 24.6 Å². The van der Waals surface area contributed by atoms with Gasteiger partial charge in [0.15, 0.2) is 11.0 Å². The lowest BCUT2D eigenvalue weighted by atomic mass is 10.3. The highest BCUT2D eigenvalue weighted by molar-refractivity contribution is 6.32. The first-order chi connectivity index (χ1) is 8.75. The van der Waals surface area contributed by atoms with Gasteiger partial charge in [0.05, 0.1) is 13.2 Å². The molecule has 100 valence electrons. The zero-order chi connectivity index (χ0) is 12.8. The average molecular weight is 292 g/mol. The maximum Gasteiger partial charge on any atom is 0.245 e. The summed E-state index contributed by atoms with van der Waals surface area (Å²) >= 11 is 11.5. The molecule has 2 heterocycles. The molecule has 0 saturated carbocycles. The maximum atomic E-state index is 5.84. The van der Waals surface area contributed by atoms with Crippen molar-refractivity contribution in [1.82, 2.24) is 20.1 Å². The zero-order valence-electron chi connectivity index (χ0n) is 9.90. The van der Waals surface area contributed by atoms with Crippen LogP contribution in [0.5, 0.6) is 0 Å². The molecule has 1 aliphatic rings. The van der Waals surface area contributed by atoms with Crippen LogP contribution in [0.25, 0.3) is 0 Å². The van der Waals surface area contributed by atoms with Gasteiger partial charge in [-0.3, -0.25) is 4.90 Å². The number of morpholine rings is 1. The third-order valence-electron chi connectivity index (χ3n) is 2.67. The fourth-order valence-electron chi connectivity index (χ4n) is 1.74. The third kappa shape index (κ3) is 4.20. The van der Waals surface area contributed by atoms with Crippen molar-refractivity contribution in [3.05, 3.63) is 10.4 Å². The lowest BCUT2D eigenvalue weighted by molar-refractivity contribution is 0.0378. The van der Waals surface area contributed by atoms with E-state index < -0.39 is 0 Å². The van der Waals surface area contributed by atoms with Crippen LogP contribution in [0.4, 0.5) is 5.82 Å². The van der Waals surface area contributed by atoms with E-state index in [9.17, 15) is 0 Å². The Morgan fingerprint density at radius 3 is 2.78 bits per heavy atom. The van der Waals surface area contributed by atoms with Gasteiger partial charge in [0, 0.05) is 19.6 Å². The molecule has 0 spiro atoms. The van der Waals surface area contributed by atoms with E-state index in [2.05, 4.69) is 25.4 Å². The first-order valence-corrected chi connectivity index (χ1v) is 6.61. The van der Waals surface area contributed by atoms with Gasteiger partial charge in [0.1, 0.15) is 0 Å². The second kappa shape index (κ2) is 7.04. The van der Waals surface area contributed by atoms with Gasteiger partial charge in [-0.1, -0.05) is 11.6 Å². The Morgan fingerprint density at radius 2 is 2.00 bits per heavy atom. The number of nitrogens with one attached hydrogen (secondary N) is 1. The van der Waals surface area contributed by atoms with E-state index in [1.807, 2.05) is 0 Å². The molecule has 0 radical (unpaired) electrons. The lowest BCUT2D eigenvalue weighted by Crippen LogP contribution is -2.37. The van der Waals surface area contributed by atoms with Crippen molar-refractivity contribution in [2.45, 2.75) is 6.42 Å². The summed E-state index contributed by atoms with van der Waals surface area (Å²) in [6.07, 6.45) is 0.998. The van der Waals surface area contributed by atoms with Gasteiger partial charge in [0.25, 0.3) is 0 Å². The molecule has 1 saturated heterocycles. The summed E-state index contributed by atoms with van der Waals surface area (Å²) in [5.74, 6) is 0.485. The van der Waals surface area contributed by atoms with E-state index in [0.29, 0.717) is 5.82 Å². The molecule has 2 rings (SSSR count). The van der Waals surface area contributed by atoms with Crippen molar-refractivity contribution in [1.29, 1.82) is 0 Å². The predicted molar refractivity (Wildman–Crippen MR) is 70.2 cm³/mol. The quantitative estimate of drug-likeness (QED) is 0.826. The number of hydrogen-bond acceptors (Lipinski definition) is 6. The van der Waals surface area contributed by atoms with Crippen LogP contribution in [0.2, 0.25) is 10.4 Å². The second-order valence-electron chi connectivity index (χ2n) is 3.95. The van der Waals surface area contributed by atoms with Crippen LogP contribution in [0.1, 0.15) is 6.42 Å². The number of anilines is 1. The number of nitrogens with zero attached hydrogens (tertiary/aromatic N) is 4. The van der Waals surface area contributed by atoms with Crippen LogP contribution in [0.3, 0.4) is 0 Å². The summed E-state index contributed by atoms with van der Waals surface area (Å²) in [6, 6.07) is 0. The molecule has 0 aromatic carbocycles. The first kappa shape index (κ1) is 13.7. The largest absolute Gasteiger partial charge is 0.379 e. The van der Waals surface area contributed by atoms with Crippen LogP contribution in [-0.4, -0.2) is 59.5 Å². The van der Waals surface area contributed by atoms with Crippen molar-refractivity contribution in [2.75, 3.05) is 44.7 Å². The molecule has 0 bridgehead atoms. The summed E-state index contributed by atoms with van der Waals surface area (Å²) in [7, 11) is 0. The smallest absolute Gasteiger partial charge is 0.245 e. The van der Waals surface area contributed by atoms with Crippen molar-refractivity contribution in [3.8, 4) is 0 Å². The van der Waals surface area contributed by atoms with Crippen molar-refractivity contribution in [3.63, 3.8) is 0 Å². The number of hydrogen-bond donors (Lipinski definition) is 1. The second-order valence-corrected chi connectivity index (χ2v) is 4.65. The average Bonchev–Trinajstić information content (AvgIpc) is 2.40. The molecule has 0 aliphatic carbocycles. The monoisotopic (exact) mass is 291 g/mol. The molecular weight excluding hydrogens is 277 g/mol. The Balaban J connectivity index is 1.69. The molecule has 0 unspecified atom stereocenters. The topological polar surface area (TPSA) is 63.2 Å². The highest BCUT2D eigenvalue weighted by Crippen LogP contribution is 2.16. The Labute approximate surface area is 116 Å². The normalized spacial score (nSPS) is 16.8. The van der Waals surface area contributed by atoms with Crippen molar-refractivity contribution >= 4 is 29.0 Å². The molecule has 8 heteroatoms. The fourth-order valence-corrected chi connectivity index (χ4v) is 2.01. The van der Waals surface area contributed by atoms with Crippen molar-refractivity contribution < 1.29 is 4.74 Å². The highest BCUT2D eigenvalue weighted by atomic mass is 35.5. The Morgan fingerprint density at radius 1 is 1.22 bits per heavy atom. The minimum absolute atomic E-state index is 0.0927. The Bertz CT molecular complexity index is 387. The summed E-state index contributed by atoms with van der Waals surface area (Å²) in [4.78, 5) is 6.35. The number of aromatic nitrogens is 3. The molecule has 0 atom stereocenters. The fraction of sp³-hybridized carbons (Fsp3) is 0.700. The van der Waals surface area contributed by atoms with E-state index in [0.717, 1.165) is 45.8 Å². The summed E-state index contributed by atoms with van der Waals surface area (Å²) in [5.41, 5.74) is 0. The van der Waals surface area contributed by atoms with Gasteiger partial charge in [-0.25, -0.2) is 0 Å². The highest BCUT2D eigenvalue weighted by Gasteiger charge is 2.10. The summed E-state index contributed by atoms with van der Waals surface area (Å²) in [6.45, 7) is 5.45. The minimum atomic E-state index is 0.0927. The zero-order valence-corrected chi connectivity index (χ0v) is 11.4.